The molecule has 0 amide bonds. The molecule has 0 spiro atoms. The van der Waals surface area contributed by atoms with Crippen molar-refractivity contribution in [1.82, 2.24) is 4.98 Å². The maximum absolute atomic E-state index is 11.2. The molecule has 1 heterocycles. The number of esters is 1. The van der Waals surface area contributed by atoms with Gasteiger partial charge >= 0.3 is 11.7 Å². The maximum atomic E-state index is 11.2. The molecule has 1 rings (SSSR count). The molecular weight excluding hydrogens is 252 g/mol. The maximum Gasteiger partial charge on any atom is 0.334 e. The molecule has 1 aromatic heterocycles. The Morgan fingerprint density at radius 2 is 2.26 bits per heavy atom. The van der Waals surface area contributed by atoms with Crippen molar-refractivity contribution >= 4 is 17.7 Å². The zero-order chi connectivity index (χ0) is 14.4. The first-order valence-corrected chi connectivity index (χ1v) is 5.54. The SMILES string of the molecule is CCOC(=O)C=Cc1cnc(OC)c([N+](=O)[O-])c1C. The molecule has 0 aliphatic heterocycles. The van der Waals surface area contributed by atoms with E-state index in [9.17, 15) is 14.9 Å². The van der Waals surface area contributed by atoms with Crippen molar-refractivity contribution in [2.45, 2.75) is 13.8 Å². The molecule has 0 radical (unpaired) electrons. The summed E-state index contributed by atoms with van der Waals surface area (Å²) < 4.78 is 9.56. The van der Waals surface area contributed by atoms with Crippen LogP contribution in [0.4, 0.5) is 5.69 Å². The molecule has 0 aliphatic rings. The van der Waals surface area contributed by atoms with E-state index in [0.29, 0.717) is 11.1 Å². The van der Waals surface area contributed by atoms with E-state index < -0.39 is 10.9 Å². The number of hydrogen-bond donors (Lipinski definition) is 0. The molecule has 0 atom stereocenters. The first kappa shape index (κ1) is 14.6. The van der Waals surface area contributed by atoms with E-state index >= 15 is 0 Å². The highest BCUT2D eigenvalue weighted by molar-refractivity contribution is 5.87. The number of rotatable bonds is 5. The van der Waals surface area contributed by atoms with Crippen LogP contribution in [0.5, 0.6) is 5.88 Å². The summed E-state index contributed by atoms with van der Waals surface area (Å²) in [5, 5.41) is 11.0. The molecule has 0 saturated heterocycles. The third kappa shape index (κ3) is 3.51. The van der Waals surface area contributed by atoms with Crippen molar-refractivity contribution in [3.63, 3.8) is 0 Å². The van der Waals surface area contributed by atoms with Gasteiger partial charge in [0.05, 0.1) is 18.6 Å². The molecule has 7 heteroatoms. The van der Waals surface area contributed by atoms with Crippen molar-refractivity contribution in [3.8, 4) is 5.88 Å². The van der Waals surface area contributed by atoms with Crippen molar-refractivity contribution in [1.29, 1.82) is 0 Å². The molecular formula is C12H14N2O5. The van der Waals surface area contributed by atoms with Crippen LogP contribution in [0.1, 0.15) is 18.1 Å². The van der Waals surface area contributed by atoms with Crippen LogP contribution in [-0.2, 0) is 9.53 Å². The fourth-order valence-electron chi connectivity index (χ4n) is 1.46. The van der Waals surface area contributed by atoms with Gasteiger partial charge in [0.1, 0.15) is 0 Å². The number of aromatic nitrogens is 1. The third-order valence-electron chi connectivity index (χ3n) is 2.37. The summed E-state index contributed by atoms with van der Waals surface area (Å²) >= 11 is 0. The van der Waals surface area contributed by atoms with Gasteiger partial charge in [0, 0.05) is 23.4 Å². The fraction of sp³-hybridized carbons (Fsp3) is 0.333. The van der Waals surface area contributed by atoms with E-state index in [4.69, 9.17) is 9.47 Å². The Balaban J connectivity index is 3.14. The summed E-state index contributed by atoms with van der Waals surface area (Å²) in [6.45, 7) is 3.52. The number of nitrogens with zero attached hydrogens (tertiary/aromatic N) is 2. The van der Waals surface area contributed by atoms with E-state index in [2.05, 4.69) is 4.98 Å². The van der Waals surface area contributed by atoms with E-state index in [0.717, 1.165) is 0 Å². The van der Waals surface area contributed by atoms with Crippen molar-refractivity contribution in [2.24, 2.45) is 0 Å². The van der Waals surface area contributed by atoms with Crippen LogP contribution < -0.4 is 4.74 Å². The van der Waals surface area contributed by atoms with Gasteiger partial charge in [-0.3, -0.25) is 10.1 Å². The van der Waals surface area contributed by atoms with Crippen molar-refractivity contribution in [3.05, 3.63) is 33.5 Å². The van der Waals surface area contributed by atoms with Crippen LogP contribution in [0.2, 0.25) is 0 Å². The second-order valence-electron chi connectivity index (χ2n) is 3.54. The van der Waals surface area contributed by atoms with Crippen LogP contribution in [0, 0.1) is 17.0 Å². The minimum absolute atomic E-state index is 0.0595. The molecule has 0 bridgehead atoms. The van der Waals surface area contributed by atoms with Gasteiger partial charge in [-0.15, -0.1) is 0 Å². The highest BCUT2D eigenvalue weighted by Gasteiger charge is 2.21. The number of hydrogen-bond acceptors (Lipinski definition) is 6. The minimum atomic E-state index is -0.567. The molecule has 0 saturated carbocycles. The van der Waals surface area contributed by atoms with E-state index in [1.165, 1.54) is 25.5 Å². The van der Waals surface area contributed by atoms with Gasteiger partial charge in [-0.2, -0.15) is 0 Å². The van der Waals surface area contributed by atoms with E-state index in [1.807, 2.05) is 0 Å². The fourth-order valence-corrected chi connectivity index (χ4v) is 1.46. The topological polar surface area (TPSA) is 91.6 Å². The Bertz CT molecular complexity index is 525. The Morgan fingerprint density at radius 1 is 1.58 bits per heavy atom. The van der Waals surface area contributed by atoms with Gasteiger partial charge < -0.3 is 9.47 Å². The predicted octanol–water partition coefficient (Wildman–Crippen LogP) is 1.88. The quantitative estimate of drug-likeness (QED) is 0.350. The number of carbonyl (C=O) groups is 1. The number of carbonyl (C=O) groups excluding carboxylic acids is 1. The average molecular weight is 266 g/mol. The molecule has 0 N–H and O–H groups in total. The molecule has 7 nitrogen and oxygen atoms in total. The third-order valence-corrected chi connectivity index (χ3v) is 2.37. The summed E-state index contributed by atoms with van der Waals surface area (Å²) in [7, 11) is 1.31. The molecule has 1 aromatic rings. The van der Waals surface area contributed by atoms with Crippen LogP contribution >= 0.6 is 0 Å². The Hall–Kier alpha value is -2.44. The van der Waals surface area contributed by atoms with Gasteiger partial charge in [0.15, 0.2) is 0 Å². The van der Waals surface area contributed by atoms with Gasteiger partial charge in [-0.25, -0.2) is 9.78 Å². The molecule has 102 valence electrons. The van der Waals surface area contributed by atoms with Gasteiger partial charge in [-0.05, 0) is 19.9 Å². The summed E-state index contributed by atoms with van der Waals surface area (Å²) in [4.78, 5) is 25.4. The first-order valence-electron chi connectivity index (χ1n) is 5.54. The standard InChI is InChI=1S/C12H14N2O5/c1-4-19-10(15)6-5-9-7-13-12(18-3)11(8(9)2)14(16)17/h5-7H,4H2,1-3H3. The van der Waals surface area contributed by atoms with Crippen molar-refractivity contribution < 1.29 is 19.2 Å². The monoisotopic (exact) mass is 266 g/mol. The summed E-state index contributed by atoms with van der Waals surface area (Å²) in [5.74, 6) is -0.573. The molecule has 19 heavy (non-hydrogen) atoms. The zero-order valence-corrected chi connectivity index (χ0v) is 10.9. The lowest BCUT2D eigenvalue weighted by Gasteiger charge is -2.05. The smallest absolute Gasteiger partial charge is 0.334 e. The van der Waals surface area contributed by atoms with Crippen LogP contribution in [-0.4, -0.2) is 29.6 Å². The molecule has 0 unspecified atom stereocenters. The minimum Gasteiger partial charge on any atom is -0.476 e. The normalized spacial score (nSPS) is 10.5. The predicted molar refractivity (Wildman–Crippen MR) is 67.8 cm³/mol. The number of nitro groups is 1. The van der Waals surface area contributed by atoms with Crippen LogP contribution in [0.3, 0.4) is 0 Å². The van der Waals surface area contributed by atoms with Crippen molar-refractivity contribution in [2.75, 3.05) is 13.7 Å². The highest BCUT2D eigenvalue weighted by atomic mass is 16.6. The number of methoxy groups -OCH3 is 1. The molecule has 0 fully saturated rings. The summed E-state index contributed by atoms with van der Waals surface area (Å²) in [5.41, 5.74) is 0.617. The van der Waals surface area contributed by atoms with E-state index in [-0.39, 0.29) is 18.2 Å². The Kier molecular flexibility index (Phi) is 4.99. The van der Waals surface area contributed by atoms with Gasteiger partial charge in [-0.1, -0.05) is 0 Å². The largest absolute Gasteiger partial charge is 0.476 e. The lowest BCUT2D eigenvalue weighted by molar-refractivity contribution is -0.386. The highest BCUT2D eigenvalue weighted by Crippen LogP contribution is 2.30. The Labute approximate surface area is 110 Å². The lowest BCUT2D eigenvalue weighted by atomic mass is 10.1. The summed E-state index contributed by atoms with van der Waals surface area (Å²) in [6.07, 6.45) is 4.02. The lowest BCUT2D eigenvalue weighted by Crippen LogP contribution is -2.01. The Morgan fingerprint density at radius 3 is 2.79 bits per heavy atom. The average Bonchev–Trinajstić information content (AvgIpc) is 2.36. The number of pyridine rings is 1. The zero-order valence-electron chi connectivity index (χ0n) is 10.9. The summed E-state index contributed by atoms with van der Waals surface area (Å²) in [6, 6.07) is 0. The van der Waals surface area contributed by atoms with Crippen LogP contribution in [0.25, 0.3) is 6.08 Å². The van der Waals surface area contributed by atoms with Gasteiger partial charge in [0.2, 0.25) is 0 Å². The number of ether oxygens (including phenoxy) is 2. The second-order valence-corrected chi connectivity index (χ2v) is 3.54. The molecule has 0 aliphatic carbocycles. The first-order chi connectivity index (χ1) is 9.01. The second kappa shape index (κ2) is 6.48. The van der Waals surface area contributed by atoms with Gasteiger partial charge in [0.25, 0.3) is 5.88 Å². The van der Waals surface area contributed by atoms with E-state index in [1.54, 1.807) is 13.8 Å². The molecule has 0 aromatic carbocycles. The van der Waals surface area contributed by atoms with Crippen LogP contribution in [0.15, 0.2) is 12.3 Å².